The van der Waals surface area contributed by atoms with Crippen LogP contribution in [-0.4, -0.2) is 62.0 Å². The van der Waals surface area contributed by atoms with Gasteiger partial charge in [-0.15, -0.1) is 4.98 Å². The highest BCUT2D eigenvalue weighted by molar-refractivity contribution is 5.74. The van der Waals surface area contributed by atoms with Crippen molar-refractivity contribution in [3.63, 3.8) is 0 Å². The normalized spacial score (nSPS) is 14.7. The van der Waals surface area contributed by atoms with Gasteiger partial charge in [0.25, 0.3) is 0 Å². The molecule has 24 heavy (non-hydrogen) atoms. The molecule has 3 aromatic rings. The molecule has 0 radical (unpaired) electrons. The zero-order valence-electron chi connectivity index (χ0n) is 13.5. The number of methoxy groups -OCH3 is 2. The lowest BCUT2D eigenvalue weighted by molar-refractivity contribution is 0.337. The number of fused-ring (bicyclic) bond motifs is 1. The third-order valence-electron chi connectivity index (χ3n) is 3.98. The first-order chi connectivity index (χ1) is 11.7. The van der Waals surface area contributed by atoms with Crippen LogP contribution in [0.2, 0.25) is 0 Å². The molecule has 0 N–H and O–H groups in total. The smallest absolute Gasteiger partial charge is 0.324 e. The SMILES string of the molecule is COc1nc(OC)nc(N2CC(c3nn(C)c4nccnc34)C2)n1. The van der Waals surface area contributed by atoms with Crippen molar-refractivity contribution < 1.29 is 9.47 Å². The average molecular weight is 328 g/mol. The molecule has 10 heteroatoms. The number of anilines is 1. The summed E-state index contributed by atoms with van der Waals surface area (Å²) in [5.74, 6) is 0.778. The van der Waals surface area contributed by atoms with Gasteiger partial charge in [0.1, 0.15) is 5.52 Å². The van der Waals surface area contributed by atoms with Crippen LogP contribution in [-0.2, 0) is 7.05 Å². The molecule has 0 bridgehead atoms. The molecule has 4 rings (SSSR count). The summed E-state index contributed by atoms with van der Waals surface area (Å²) in [5.41, 5.74) is 2.58. The van der Waals surface area contributed by atoms with Gasteiger partial charge in [-0.05, 0) is 0 Å². The Morgan fingerprint density at radius 2 is 1.67 bits per heavy atom. The average Bonchev–Trinajstić information content (AvgIpc) is 2.90. The van der Waals surface area contributed by atoms with Crippen LogP contribution in [0.5, 0.6) is 12.0 Å². The molecule has 0 aromatic carbocycles. The zero-order chi connectivity index (χ0) is 16.7. The van der Waals surface area contributed by atoms with Gasteiger partial charge in [0.2, 0.25) is 5.95 Å². The van der Waals surface area contributed by atoms with E-state index < -0.39 is 0 Å². The second-order valence-corrected chi connectivity index (χ2v) is 5.45. The van der Waals surface area contributed by atoms with Crippen molar-refractivity contribution in [3.8, 4) is 12.0 Å². The Hall–Kier alpha value is -3.04. The predicted octanol–water partition coefficient (Wildman–Crippen LogP) is 0.169. The fraction of sp³-hybridized carbons (Fsp3) is 0.429. The molecule has 0 unspecified atom stereocenters. The summed E-state index contributed by atoms with van der Waals surface area (Å²) < 4.78 is 11.9. The number of nitrogens with zero attached hydrogens (tertiary/aromatic N) is 8. The van der Waals surface area contributed by atoms with Crippen LogP contribution in [0.15, 0.2) is 12.4 Å². The van der Waals surface area contributed by atoms with E-state index in [-0.39, 0.29) is 17.9 Å². The molecule has 124 valence electrons. The minimum Gasteiger partial charge on any atom is -0.467 e. The molecule has 1 saturated heterocycles. The van der Waals surface area contributed by atoms with Gasteiger partial charge in [-0.2, -0.15) is 15.1 Å². The molecule has 0 saturated carbocycles. The molecular formula is C14H16N8O2. The van der Waals surface area contributed by atoms with Gasteiger partial charge in [0, 0.05) is 38.4 Å². The standard InChI is InChI=1S/C14H16N8O2/c1-21-11-10(15-4-5-16-11)9(20-21)8-6-22(7-8)12-17-13(23-2)19-14(18-12)24-3/h4-5,8H,6-7H2,1-3H3. The van der Waals surface area contributed by atoms with E-state index in [1.807, 2.05) is 11.9 Å². The predicted molar refractivity (Wildman–Crippen MR) is 84.2 cm³/mol. The number of aryl methyl sites for hydroxylation is 1. The Morgan fingerprint density at radius 1 is 1.00 bits per heavy atom. The van der Waals surface area contributed by atoms with Gasteiger partial charge >= 0.3 is 12.0 Å². The Kier molecular flexibility index (Phi) is 3.36. The van der Waals surface area contributed by atoms with Crippen LogP contribution in [0.4, 0.5) is 5.95 Å². The number of hydrogen-bond donors (Lipinski definition) is 0. The van der Waals surface area contributed by atoms with Crippen LogP contribution >= 0.6 is 0 Å². The third kappa shape index (κ3) is 2.27. The monoisotopic (exact) mass is 328 g/mol. The summed E-state index contributed by atoms with van der Waals surface area (Å²) in [6, 6.07) is 0.462. The third-order valence-corrected chi connectivity index (χ3v) is 3.98. The van der Waals surface area contributed by atoms with E-state index in [0.29, 0.717) is 5.95 Å². The molecule has 0 amide bonds. The topological polar surface area (TPSA) is 104 Å². The maximum atomic E-state index is 5.09. The van der Waals surface area contributed by atoms with Crippen molar-refractivity contribution >= 4 is 17.1 Å². The Bertz CT molecular complexity index is 867. The number of aromatic nitrogens is 7. The lowest BCUT2D eigenvalue weighted by atomic mass is 9.96. The van der Waals surface area contributed by atoms with E-state index in [1.165, 1.54) is 14.2 Å². The molecule has 4 heterocycles. The maximum absolute atomic E-state index is 5.09. The maximum Gasteiger partial charge on any atom is 0.324 e. The molecular weight excluding hydrogens is 312 g/mol. The van der Waals surface area contributed by atoms with Crippen LogP contribution < -0.4 is 14.4 Å². The first-order valence-corrected chi connectivity index (χ1v) is 7.42. The molecule has 0 atom stereocenters. The van der Waals surface area contributed by atoms with Gasteiger partial charge < -0.3 is 14.4 Å². The summed E-state index contributed by atoms with van der Waals surface area (Å²) in [6.07, 6.45) is 3.36. The summed E-state index contributed by atoms with van der Waals surface area (Å²) >= 11 is 0. The van der Waals surface area contributed by atoms with Crippen LogP contribution in [0.3, 0.4) is 0 Å². The number of rotatable bonds is 4. The second-order valence-electron chi connectivity index (χ2n) is 5.45. The Labute approximate surface area is 137 Å². The van der Waals surface area contributed by atoms with E-state index in [9.17, 15) is 0 Å². The van der Waals surface area contributed by atoms with E-state index in [4.69, 9.17) is 9.47 Å². The van der Waals surface area contributed by atoms with Gasteiger partial charge in [-0.25, -0.2) is 14.6 Å². The second kappa shape index (κ2) is 5.55. The van der Waals surface area contributed by atoms with Crippen molar-refractivity contribution in [3.05, 3.63) is 18.1 Å². The summed E-state index contributed by atoms with van der Waals surface area (Å²) in [5, 5.41) is 4.57. The molecule has 1 aliphatic rings. The van der Waals surface area contributed by atoms with Crippen molar-refractivity contribution in [2.45, 2.75) is 5.92 Å². The van der Waals surface area contributed by atoms with Crippen molar-refractivity contribution in [1.82, 2.24) is 34.7 Å². The first-order valence-electron chi connectivity index (χ1n) is 7.42. The summed E-state index contributed by atoms with van der Waals surface area (Å²) in [6.45, 7) is 1.47. The van der Waals surface area contributed by atoms with Crippen molar-refractivity contribution in [2.75, 3.05) is 32.2 Å². The van der Waals surface area contributed by atoms with Gasteiger partial charge in [0.15, 0.2) is 5.65 Å². The lowest BCUT2D eigenvalue weighted by Gasteiger charge is -2.38. The number of ether oxygens (including phenoxy) is 2. The van der Waals surface area contributed by atoms with E-state index in [2.05, 4.69) is 30.0 Å². The van der Waals surface area contributed by atoms with Crippen LogP contribution in [0.25, 0.3) is 11.2 Å². The highest BCUT2D eigenvalue weighted by Gasteiger charge is 2.34. The van der Waals surface area contributed by atoms with E-state index >= 15 is 0 Å². The number of hydrogen-bond acceptors (Lipinski definition) is 9. The van der Waals surface area contributed by atoms with Crippen LogP contribution in [0.1, 0.15) is 11.6 Å². The molecule has 0 spiro atoms. The molecule has 10 nitrogen and oxygen atoms in total. The molecule has 3 aromatic heterocycles. The fourth-order valence-corrected chi connectivity index (χ4v) is 2.75. The minimum absolute atomic E-state index is 0.231. The van der Waals surface area contributed by atoms with Gasteiger partial charge in [0.05, 0.1) is 19.9 Å². The fourth-order valence-electron chi connectivity index (χ4n) is 2.75. The highest BCUT2D eigenvalue weighted by atomic mass is 16.5. The van der Waals surface area contributed by atoms with Crippen molar-refractivity contribution in [2.24, 2.45) is 7.05 Å². The summed E-state index contributed by atoms with van der Waals surface area (Å²) in [7, 11) is 4.89. The lowest BCUT2D eigenvalue weighted by Crippen LogP contribution is -2.46. The molecule has 0 aliphatic carbocycles. The van der Waals surface area contributed by atoms with Crippen LogP contribution in [0, 0.1) is 0 Å². The Balaban J connectivity index is 1.58. The summed E-state index contributed by atoms with van der Waals surface area (Å²) in [4.78, 5) is 23.3. The highest BCUT2D eigenvalue weighted by Crippen LogP contribution is 2.32. The molecule has 1 fully saturated rings. The Morgan fingerprint density at radius 3 is 2.33 bits per heavy atom. The molecule has 1 aliphatic heterocycles. The quantitative estimate of drug-likeness (QED) is 0.662. The van der Waals surface area contributed by atoms with Crippen molar-refractivity contribution in [1.29, 1.82) is 0 Å². The largest absolute Gasteiger partial charge is 0.467 e. The minimum atomic E-state index is 0.231. The van der Waals surface area contributed by atoms with E-state index in [0.717, 1.165) is 29.9 Å². The van der Waals surface area contributed by atoms with E-state index in [1.54, 1.807) is 17.1 Å². The van der Waals surface area contributed by atoms with Gasteiger partial charge in [-0.3, -0.25) is 0 Å². The first kappa shape index (κ1) is 14.5. The van der Waals surface area contributed by atoms with Gasteiger partial charge in [-0.1, -0.05) is 0 Å². The zero-order valence-corrected chi connectivity index (χ0v) is 13.5.